The predicted molar refractivity (Wildman–Crippen MR) is 71.2 cm³/mol. The highest BCUT2D eigenvalue weighted by Gasteiger charge is 2.09. The second-order valence-corrected chi connectivity index (χ2v) is 4.62. The number of nitrogens with one attached hydrogen (secondary N) is 1. The van der Waals surface area contributed by atoms with Gasteiger partial charge >= 0.3 is 0 Å². The summed E-state index contributed by atoms with van der Waals surface area (Å²) in [4.78, 5) is 15.5. The molecule has 0 atom stereocenters. The number of halogens is 1. The highest BCUT2D eigenvalue weighted by Crippen LogP contribution is 2.14. The Labute approximate surface area is 113 Å². The lowest BCUT2D eigenvalue weighted by Crippen LogP contribution is -2.22. The van der Waals surface area contributed by atoms with Crippen molar-refractivity contribution in [3.63, 3.8) is 0 Å². The van der Waals surface area contributed by atoms with Crippen LogP contribution >= 0.6 is 15.9 Å². The van der Waals surface area contributed by atoms with Gasteiger partial charge in [-0.05, 0) is 23.8 Å². The fraction of sp³-hybridized carbons (Fsp3) is 0.0769. The lowest BCUT2D eigenvalue weighted by molar-refractivity contribution is 0.0948. The molecule has 2 N–H and O–H groups in total. The molecule has 0 spiro atoms. The van der Waals surface area contributed by atoms with Gasteiger partial charge in [-0.15, -0.1) is 0 Å². The largest absolute Gasteiger partial charge is 0.505 e. The quantitative estimate of drug-likeness (QED) is 0.916. The zero-order chi connectivity index (χ0) is 13.0. The molecular weight excluding hydrogens is 296 g/mol. The molecule has 2 aromatic rings. The maximum Gasteiger partial charge on any atom is 0.255 e. The van der Waals surface area contributed by atoms with Gasteiger partial charge < -0.3 is 10.4 Å². The molecule has 0 aliphatic rings. The first kappa shape index (κ1) is 12.6. The smallest absolute Gasteiger partial charge is 0.255 e. The van der Waals surface area contributed by atoms with Crippen LogP contribution in [0.2, 0.25) is 0 Å². The molecule has 92 valence electrons. The third-order valence-corrected chi connectivity index (χ3v) is 2.88. The van der Waals surface area contributed by atoms with Crippen LogP contribution in [0.5, 0.6) is 5.75 Å². The van der Waals surface area contributed by atoms with Crippen molar-refractivity contribution in [2.24, 2.45) is 0 Å². The van der Waals surface area contributed by atoms with Crippen molar-refractivity contribution in [3.05, 3.63) is 58.3 Å². The van der Waals surface area contributed by atoms with E-state index in [0.717, 1.165) is 10.0 Å². The van der Waals surface area contributed by atoms with E-state index >= 15 is 0 Å². The molecule has 18 heavy (non-hydrogen) atoms. The Kier molecular flexibility index (Phi) is 3.94. The molecule has 0 unspecified atom stereocenters. The molecule has 0 aliphatic heterocycles. The van der Waals surface area contributed by atoms with E-state index in [1.165, 1.54) is 18.5 Å². The third kappa shape index (κ3) is 3.07. The summed E-state index contributed by atoms with van der Waals surface area (Å²) >= 11 is 3.36. The molecule has 1 aromatic carbocycles. The first-order chi connectivity index (χ1) is 8.66. The van der Waals surface area contributed by atoms with Crippen LogP contribution in [0.15, 0.2) is 47.2 Å². The first-order valence-electron chi connectivity index (χ1n) is 5.32. The van der Waals surface area contributed by atoms with Gasteiger partial charge in [0.05, 0.1) is 11.8 Å². The minimum absolute atomic E-state index is 0.121. The minimum atomic E-state index is -0.324. The monoisotopic (exact) mass is 306 g/mol. The van der Waals surface area contributed by atoms with Gasteiger partial charge in [0.25, 0.3) is 5.91 Å². The van der Waals surface area contributed by atoms with E-state index < -0.39 is 0 Å². The summed E-state index contributed by atoms with van der Waals surface area (Å²) in [7, 11) is 0. The summed E-state index contributed by atoms with van der Waals surface area (Å²) < 4.78 is 0.959. The normalized spacial score (nSPS) is 10.1. The molecule has 0 saturated carbocycles. The number of nitrogens with zero attached hydrogens (tertiary/aromatic N) is 1. The zero-order valence-corrected chi connectivity index (χ0v) is 11.0. The Morgan fingerprint density at radius 2 is 2.22 bits per heavy atom. The third-order valence-electron chi connectivity index (χ3n) is 2.39. The molecule has 0 aliphatic carbocycles. The number of carbonyl (C=O) groups excluding carboxylic acids is 1. The number of aromatic nitrogens is 1. The van der Waals surface area contributed by atoms with E-state index in [2.05, 4.69) is 26.2 Å². The van der Waals surface area contributed by atoms with Crippen molar-refractivity contribution in [2.45, 2.75) is 6.54 Å². The number of rotatable bonds is 3. The zero-order valence-electron chi connectivity index (χ0n) is 9.43. The lowest BCUT2D eigenvalue weighted by Gasteiger charge is -2.06. The summed E-state index contributed by atoms with van der Waals surface area (Å²) in [5.41, 5.74) is 1.20. The Balaban J connectivity index is 2.03. The van der Waals surface area contributed by atoms with E-state index in [1.54, 1.807) is 0 Å². The highest BCUT2D eigenvalue weighted by atomic mass is 79.9. The molecule has 4 nitrogen and oxygen atoms in total. The number of hydrogen-bond acceptors (Lipinski definition) is 3. The van der Waals surface area contributed by atoms with Crippen LogP contribution < -0.4 is 5.32 Å². The van der Waals surface area contributed by atoms with Crippen molar-refractivity contribution in [2.75, 3.05) is 0 Å². The van der Waals surface area contributed by atoms with E-state index in [-0.39, 0.29) is 17.2 Å². The molecule has 1 aromatic heterocycles. The van der Waals surface area contributed by atoms with Crippen LogP contribution in [0.4, 0.5) is 0 Å². The summed E-state index contributed by atoms with van der Waals surface area (Å²) in [5, 5.41) is 12.2. The molecule has 0 radical (unpaired) electrons. The van der Waals surface area contributed by atoms with Gasteiger partial charge in [-0.3, -0.25) is 9.78 Å². The molecule has 0 bridgehead atoms. The second kappa shape index (κ2) is 5.64. The van der Waals surface area contributed by atoms with Gasteiger partial charge in [-0.2, -0.15) is 0 Å². The number of aromatic hydroxyl groups is 1. The van der Waals surface area contributed by atoms with E-state index in [9.17, 15) is 9.90 Å². The summed E-state index contributed by atoms with van der Waals surface area (Å²) in [6, 6.07) is 9.13. The Morgan fingerprint density at radius 3 is 2.94 bits per heavy atom. The van der Waals surface area contributed by atoms with E-state index in [0.29, 0.717) is 6.54 Å². The summed E-state index contributed by atoms with van der Waals surface area (Å²) in [6.45, 7) is 0.403. The fourth-order valence-corrected chi connectivity index (χ4v) is 1.95. The van der Waals surface area contributed by atoms with Gasteiger partial charge in [-0.25, -0.2) is 0 Å². The minimum Gasteiger partial charge on any atom is -0.505 e. The van der Waals surface area contributed by atoms with Gasteiger partial charge in [0.1, 0.15) is 5.75 Å². The Bertz CT molecular complexity index is 572. The maximum absolute atomic E-state index is 11.8. The summed E-state index contributed by atoms with van der Waals surface area (Å²) in [6.07, 6.45) is 2.71. The number of hydrogen-bond donors (Lipinski definition) is 2. The van der Waals surface area contributed by atoms with Crippen molar-refractivity contribution in [1.29, 1.82) is 0 Å². The van der Waals surface area contributed by atoms with E-state index in [4.69, 9.17) is 0 Å². The number of carbonyl (C=O) groups is 1. The van der Waals surface area contributed by atoms with Gasteiger partial charge in [0.2, 0.25) is 0 Å². The topological polar surface area (TPSA) is 62.2 Å². The second-order valence-electron chi connectivity index (χ2n) is 3.71. The number of pyridine rings is 1. The van der Waals surface area contributed by atoms with Crippen LogP contribution in [0.1, 0.15) is 15.9 Å². The molecule has 1 amide bonds. The van der Waals surface area contributed by atoms with Crippen molar-refractivity contribution in [1.82, 2.24) is 10.3 Å². The SMILES string of the molecule is O=C(NCc1cccc(Br)c1)c1ccncc1O. The van der Waals surface area contributed by atoms with Crippen molar-refractivity contribution in [3.8, 4) is 5.75 Å². The molecule has 0 fully saturated rings. The van der Waals surface area contributed by atoms with Crippen molar-refractivity contribution >= 4 is 21.8 Å². The van der Waals surface area contributed by atoms with Crippen LogP contribution in [0, 0.1) is 0 Å². The van der Waals surface area contributed by atoms with Crippen molar-refractivity contribution < 1.29 is 9.90 Å². The first-order valence-corrected chi connectivity index (χ1v) is 6.12. The lowest BCUT2D eigenvalue weighted by atomic mass is 10.2. The van der Waals surface area contributed by atoms with Crippen LogP contribution in [0.3, 0.4) is 0 Å². The van der Waals surface area contributed by atoms with Crippen LogP contribution in [-0.4, -0.2) is 16.0 Å². The van der Waals surface area contributed by atoms with Crippen LogP contribution in [-0.2, 0) is 6.54 Å². The Hall–Kier alpha value is -1.88. The van der Waals surface area contributed by atoms with Gasteiger partial charge in [0, 0.05) is 17.2 Å². The molecular formula is C13H11BrN2O2. The number of amides is 1. The molecule has 0 saturated heterocycles. The van der Waals surface area contributed by atoms with Crippen LogP contribution in [0.25, 0.3) is 0 Å². The average molecular weight is 307 g/mol. The Morgan fingerprint density at radius 1 is 1.39 bits per heavy atom. The van der Waals surface area contributed by atoms with E-state index in [1.807, 2.05) is 24.3 Å². The predicted octanol–water partition coefficient (Wildman–Crippen LogP) is 2.48. The molecule has 1 heterocycles. The van der Waals surface area contributed by atoms with Gasteiger partial charge in [-0.1, -0.05) is 28.1 Å². The number of benzene rings is 1. The molecule has 5 heteroatoms. The fourth-order valence-electron chi connectivity index (χ4n) is 1.50. The van der Waals surface area contributed by atoms with Gasteiger partial charge in [0.15, 0.2) is 0 Å². The average Bonchev–Trinajstić information content (AvgIpc) is 2.37. The maximum atomic E-state index is 11.8. The molecule has 2 rings (SSSR count). The standard InChI is InChI=1S/C13H11BrN2O2/c14-10-3-1-2-9(6-10)7-16-13(18)11-4-5-15-8-12(11)17/h1-6,8,17H,7H2,(H,16,18). The highest BCUT2D eigenvalue weighted by molar-refractivity contribution is 9.10. The summed E-state index contributed by atoms with van der Waals surface area (Å²) in [5.74, 6) is -0.445.